The van der Waals surface area contributed by atoms with Gasteiger partial charge in [0.05, 0.1) is 12.9 Å². The van der Waals surface area contributed by atoms with Crippen LogP contribution in [0.1, 0.15) is 26.2 Å². The van der Waals surface area contributed by atoms with Gasteiger partial charge in [-0.1, -0.05) is 26.3 Å². The molecule has 11 heavy (non-hydrogen) atoms. The van der Waals surface area contributed by atoms with Gasteiger partial charge in [0.2, 0.25) is 0 Å². The summed E-state index contributed by atoms with van der Waals surface area (Å²) in [5.74, 6) is 0.330. The molecule has 0 heterocycles. The van der Waals surface area contributed by atoms with Crippen molar-refractivity contribution in [1.82, 2.24) is 0 Å². The summed E-state index contributed by atoms with van der Waals surface area (Å²) < 4.78 is 9.87. The molecule has 0 unspecified atom stereocenters. The van der Waals surface area contributed by atoms with Crippen molar-refractivity contribution in [2.45, 2.75) is 26.2 Å². The predicted molar refractivity (Wildman–Crippen MR) is 45.9 cm³/mol. The molecule has 0 atom stereocenters. The monoisotopic (exact) mass is 156 g/mol. The molecule has 0 aliphatic carbocycles. The summed E-state index contributed by atoms with van der Waals surface area (Å²) in [5, 5.41) is 0. The Balaban J connectivity index is 3.10. The molecule has 0 aromatic rings. The fourth-order valence-electron chi connectivity index (χ4n) is 0.665. The third kappa shape index (κ3) is 6.97. The molecule has 0 aliphatic heterocycles. The van der Waals surface area contributed by atoms with Gasteiger partial charge in [0.15, 0.2) is 0 Å². The second-order valence-electron chi connectivity index (χ2n) is 2.21. The van der Waals surface area contributed by atoms with Crippen LogP contribution in [0.3, 0.4) is 0 Å². The van der Waals surface area contributed by atoms with Crippen molar-refractivity contribution in [3.05, 3.63) is 25.4 Å². The minimum Gasteiger partial charge on any atom is -0.466 e. The molecule has 0 rings (SSSR count). The highest BCUT2D eigenvalue weighted by molar-refractivity contribution is 4.71. The fourth-order valence-corrected chi connectivity index (χ4v) is 0.665. The second-order valence-corrected chi connectivity index (χ2v) is 2.21. The lowest BCUT2D eigenvalue weighted by molar-refractivity contribution is 0.0818. The zero-order valence-electron chi connectivity index (χ0n) is 7.14. The van der Waals surface area contributed by atoms with Crippen LogP contribution < -0.4 is 0 Å². The summed E-state index contributed by atoms with van der Waals surface area (Å²) in [4.78, 5) is 0. The molecule has 0 saturated carbocycles. The van der Waals surface area contributed by atoms with Crippen molar-refractivity contribution >= 4 is 0 Å². The Morgan fingerprint density at radius 2 is 2.18 bits per heavy atom. The summed E-state index contributed by atoms with van der Waals surface area (Å²) in [7, 11) is 0. The average molecular weight is 156 g/mol. The number of rotatable bonds is 7. The van der Waals surface area contributed by atoms with Crippen LogP contribution in [0, 0.1) is 0 Å². The van der Waals surface area contributed by atoms with Crippen LogP contribution >= 0.6 is 0 Å². The average Bonchev–Trinajstić information content (AvgIpc) is 1.99. The van der Waals surface area contributed by atoms with E-state index in [4.69, 9.17) is 9.47 Å². The van der Waals surface area contributed by atoms with Crippen LogP contribution in [0.2, 0.25) is 0 Å². The summed E-state index contributed by atoms with van der Waals surface area (Å²) >= 11 is 0. The van der Waals surface area contributed by atoms with Gasteiger partial charge in [-0.05, 0) is 13.0 Å². The highest BCUT2D eigenvalue weighted by Crippen LogP contribution is 2.00. The van der Waals surface area contributed by atoms with Crippen LogP contribution in [-0.4, -0.2) is 6.61 Å². The van der Waals surface area contributed by atoms with E-state index in [0.717, 1.165) is 6.42 Å². The van der Waals surface area contributed by atoms with Gasteiger partial charge in [0.1, 0.15) is 0 Å². The molecule has 0 aromatic carbocycles. The Kier molecular flexibility index (Phi) is 6.59. The van der Waals surface area contributed by atoms with E-state index in [9.17, 15) is 0 Å². The van der Waals surface area contributed by atoms with Crippen LogP contribution in [0.5, 0.6) is 0 Å². The SMILES string of the molecule is C=COC(=C)OCCCCC. The summed E-state index contributed by atoms with van der Waals surface area (Å²) in [6, 6.07) is 0. The Hall–Kier alpha value is -0.920. The second kappa shape index (κ2) is 7.19. The van der Waals surface area contributed by atoms with Gasteiger partial charge < -0.3 is 9.47 Å². The molecular formula is C9H16O2. The molecule has 0 bridgehead atoms. The Morgan fingerprint density at radius 3 is 2.73 bits per heavy atom. The van der Waals surface area contributed by atoms with Gasteiger partial charge in [0, 0.05) is 0 Å². The fraction of sp³-hybridized carbons (Fsp3) is 0.556. The first kappa shape index (κ1) is 10.1. The van der Waals surface area contributed by atoms with E-state index in [1.165, 1.54) is 19.1 Å². The smallest absolute Gasteiger partial charge is 0.276 e. The molecule has 64 valence electrons. The van der Waals surface area contributed by atoms with Gasteiger partial charge in [-0.25, -0.2) is 0 Å². The molecule has 0 saturated heterocycles. The Bertz CT molecular complexity index is 119. The van der Waals surface area contributed by atoms with Gasteiger partial charge in [-0.2, -0.15) is 0 Å². The lowest BCUT2D eigenvalue weighted by Gasteiger charge is -2.05. The first-order chi connectivity index (χ1) is 5.31. The minimum atomic E-state index is 0.330. The first-order valence-electron chi connectivity index (χ1n) is 3.90. The van der Waals surface area contributed by atoms with Gasteiger partial charge in [0.25, 0.3) is 5.95 Å². The van der Waals surface area contributed by atoms with E-state index in [2.05, 4.69) is 20.1 Å². The quantitative estimate of drug-likeness (QED) is 0.417. The number of unbranched alkanes of at least 4 members (excludes halogenated alkanes) is 2. The molecule has 0 radical (unpaired) electrons. The van der Waals surface area contributed by atoms with Gasteiger partial charge in [-0.15, -0.1) is 0 Å². The largest absolute Gasteiger partial charge is 0.466 e. The van der Waals surface area contributed by atoms with E-state index < -0.39 is 0 Å². The lowest BCUT2D eigenvalue weighted by Crippen LogP contribution is -1.94. The van der Waals surface area contributed by atoms with Crippen LogP contribution in [-0.2, 0) is 9.47 Å². The maximum atomic E-state index is 5.10. The molecule has 0 fully saturated rings. The Labute approximate surface area is 68.5 Å². The zero-order chi connectivity index (χ0) is 8.53. The Morgan fingerprint density at radius 1 is 1.45 bits per heavy atom. The molecular weight excluding hydrogens is 140 g/mol. The highest BCUT2D eigenvalue weighted by Gasteiger charge is 1.91. The van der Waals surface area contributed by atoms with Crippen molar-refractivity contribution in [1.29, 1.82) is 0 Å². The lowest BCUT2D eigenvalue weighted by atomic mass is 10.3. The van der Waals surface area contributed by atoms with E-state index >= 15 is 0 Å². The van der Waals surface area contributed by atoms with Crippen molar-refractivity contribution in [3.63, 3.8) is 0 Å². The van der Waals surface area contributed by atoms with E-state index in [0.29, 0.717) is 12.6 Å². The van der Waals surface area contributed by atoms with Crippen molar-refractivity contribution in [2.75, 3.05) is 6.61 Å². The predicted octanol–water partition coefficient (Wildman–Crippen LogP) is 2.82. The molecule has 0 amide bonds. The first-order valence-corrected chi connectivity index (χ1v) is 3.90. The van der Waals surface area contributed by atoms with Crippen molar-refractivity contribution in [3.8, 4) is 0 Å². The summed E-state index contributed by atoms with van der Waals surface area (Å²) in [5.41, 5.74) is 0. The number of hydrogen-bond donors (Lipinski definition) is 0. The third-order valence-corrected chi connectivity index (χ3v) is 1.23. The van der Waals surface area contributed by atoms with E-state index in [1.807, 2.05) is 0 Å². The summed E-state index contributed by atoms with van der Waals surface area (Å²) in [6.07, 6.45) is 4.73. The molecule has 2 nitrogen and oxygen atoms in total. The van der Waals surface area contributed by atoms with Crippen molar-refractivity contribution < 1.29 is 9.47 Å². The molecule has 0 N–H and O–H groups in total. The van der Waals surface area contributed by atoms with Crippen LogP contribution in [0.25, 0.3) is 0 Å². The zero-order valence-corrected chi connectivity index (χ0v) is 7.14. The molecule has 0 aromatic heterocycles. The maximum Gasteiger partial charge on any atom is 0.276 e. The maximum absolute atomic E-state index is 5.10. The minimum absolute atomic E-state index is 0.330. The van der Waals surface area contributed by atoms with Crippen molar-refractivity contribution in [2.24, 2.45) is 0 Å². The number of ether oxygens (including phenoxy) is 2. The molecule has 0 aliphatic rings. The van der Waals surface area contributed by atoms with E-state index in [-0.39, 0.29) is 0 Å². The highest BCUT2D eigenvalue weighted by atomic mass is 16.7. The van der Waals surface area contributed by atoms with Gasteiger partial charge in [-0.3, -0.25) is 0 Å². The third-order valence-electron chi connectivity index (χ3n) is 1.23. The molecule has 2 heteroatoms. The number of hydrogen-bond acceptors (Lipinski definition) is 2. The topological polar surface area (TPSA) is 18.5 Å². The standard InChI is InChI=1S/C9H16O2/c1-4-6-7-8-11-9(3)10-5-2/h5H,2-4,6-8H2,1H3. The normalized spacial score (nSPS) is 8.82. The van der Waals surface area contributed by atoms with Gasteiger partial charge >= 0.3 is 0 Å². The molecule has 0 spiro atoms. The van der Waals surface area contributed by atoms with Crippen LogP contribution in [0.15, 0.2) is 25.4 Å². The van der Waals surface area contributed by atoms with Crippen LogP contribution in [0.4, 0.5) is 0 Å². The van der Waals surface area contributed by atoms with E-state index in [1.54, 1.807) is 0 Å². The summed E-state index contributed by atoms with van der Waals surface area (Å²) in [6.45, 7) is 9.74.